The summed E-state index contributed by atoms with van der Waals surface area (Å²) in [6.45, 7) is 0. The average molecular weight is 227 g/mol. The van der Waals surface area contributed by atoms with E-state index in [0.717, 1.165) is 0 Å². The van der Waals surface area contributed by atoms with Crippen LogP contribution >= 0.6 is 0 Å². The van der Waals surface area contributed by atoms with Crippen LogP contribution in [0.5, 0.6) is 0 Å². The third-order valence-electron chi connectivity index (χ3n) is 2.16. The van der Waals surface area contributed by atoms with Gasteiger partial charge in [-0.3, -0.25) is 0 Å². The molecule has 0 fully saturated rings. The zero-order valence-electron chi connectivity index (χ0n) is 10.5. The first-order valence-corrected chi connectivity index (χ1v) is 4.36. The van der Waals surface area contributed by atoms with E-state index in [1.54, 1.807) is 0 Å². The molecule has 0 radical (unpaired) electrons. The summed E-state index contributed by atoms with van der Waals surface area (Å²) in [4.78, 5) is 2.11. The van der Waals surface area contributed by atoms with Gasteiger partial charge >= 0.3 is 17.4 Å². The van der Waals surface area contributed by atoms with Gasteiger partial charge in [-0.15, -0.1) is 35.0 Å². The molecule has 0 N–H and O–H groups in total. The Morgan fingerprint density at radius 3 is 2.25 bits per heavy atom. The average Bonchev–Trinajstić information content (AvgIpc) is 2.17. The fraction of sp³-hybridized carbons (Fsp3) is 0.143. The molecule has 0 bridgehead atoms. The monoisotopic (exact) mass is 227 g/mol. The van der Waals surface area contributed by atoms with Crippen molar-refractivity contribution in [3.05, 3.63) is 57.3 Å². The van der Waals surface area contributed by atoms with E-state index in [1.807, 2.05) is 12.1 Å². The molecule has 2 aromatic carbocycles. The Hall–Kier alpha value is -0.968. The molecule has 0 aromatic heterocycles. The van der Waals surface area contributed by atoms with E-state index in [1.165, 1.54) is 16.5 Å². The van der Waals surface area contributed by atoms with E-state index in [0.29, 0.717) is 0 Å². The molecule has 0 saturated heterocycles. The topological polar surface area (TPSA) is 3.24 Å². The van der Waals surface area contributed by atoms with Crippen molar-refractivity contribution in [2.45, 2.75) is 0 Å². The fourth-order valence-electron chi connectivity index (χ4n) is 1.51. The predicted molar refractivity (Wildman–Crippen MR) is 75.7 cm³/mol. The van der Waals surface area contributed by atoms with E-state index in [2.05, 4.69) is 49.3 Å². The Labute approximate surface area is 110 Å². The minimum Gasteiger partial charge on any atom is -0.415 e. The summed E-state index contributed by atoms with van der Waals surface area (Å²) in [5, 5.41) is 2.43. The zero-order chi connectivity index (χ0) is 9.26. The Kier molecular flexibility index (Phi) is 7.98. The summed E-state index contributed by atoms with van der Waals surface area (Å²) in [6, 6.07) is 15.6. The molecule has 0 atom stereocenters. The van der Waals surface area contributed by atoms with Crippen molar-refractivity contribution >= 4 is 33.8 Å². The molecule has 2 rings (SSSR count). The zero-order valence-corrected chi connectivity index (χ0v) is 11.6. The number of nitrogens with zero attached hydrogens (tertiary/aromatic N) is 1. The van der Waals surface area contributed by atoms with Crippen molar-refractivity contribution in [2.24, 2.45) is 0 Å². The number of rotatable bonds is 1. The van der Waals surface area contributed by atoms with Gasteiger partial charge in [-0.1, -0.05) is 18.2 Å². The third-order valence-corrected chi connectivity index (χ3v) is 2.16. The molecule has 16 heavy (non-hydrogen) atoms. The second-order valence-corrected chi connectivity index (χ2v) is 3.31. The third kappa shape index (κ3) is 3.27. The largest absolute Gasteiger partial charge is 3.00 e. The van der Waals surface area contributed by atoms with Gasteiger partial charge in [-0.05, 0) is 19.8 Å². The normalized spacial score (nSPS) is 8.38. The molecular weight excluding hydrogens is 209 g/mol. The van der Waals surface area contributed by atoms with Gasteiger partial charge in [0.15, 0.2) is 0 Å². The van der Waals surface area contributed by atoms with Gasteiger partial charge in [0.25, 0.3) is 0 Å². The maximum atomic E-state index is 3.26. The van der Waals surface area contributed by atoms with Crippen molar-refractivity contribution in [1.29, 1.82) is 0 Å². The quantitative estimate of drug-likeness (QED) is 0.534. The first kappa shape index (κ1) is 17.4. The van der Waals surface area contributed by atoms with Crippen LogP contribution in [0.3, 0.4) is 0 Å². The van der Waals surface area contributed by atoms with Crippen LogP contribution in [0.2, 0.25) is 0 Å². The molecule has 82 valence electrons. The molecule has 0 spiro atoms. The molecule has 1 nitrogen and oxygen atoms in total. The standard InChI is InChI=1S/C12H12N.2CH3.Al/c1-13(2)12-9-5-7-10-6-3-4-8-11(10)12;;;/h3-7,9H,1-2H3;2*1H3;/q3*-1;+3. The molecular formula is C14H18AlN. The number of anilines is 1. The van der Waals surface area contributed by atoms with Crippen molar-refractivity contribution < 1.29 is 0 Å². The summed E-state index contributed by atoms with van der Waals surface area (Å²) in [5.74, 6) is 0. The molecule has 2 aromatic rings. The molecule has 0 unspecified atom stereocenters. The van der Waals surface area contributed by atoms with Crippen LogP contribution in [0, 0.1) is 20.9 Å². The molecule has 0 saturated carbocycles. The summed E-state index contributed by atoms with van der Waals surface area (Å²) in [6.07, 6.45) is 0. The first-order chi connectivity index (χ1) is 6.29. The molecule has 0 aliphatic rings. The Morgan fingerprint density at radius 2 is 1.62 bits per heavy atom. The van der Waals surface area contributed by atoms with Crippen LogP contribution in [-0.4, -0.2) is 31.5 Å². The van der Waals surface area contributed by atoms with Gasteiger partial charge in [0, 0.05) is 0 Å². The number of benzene rings is 2. The van der Waals surface area contributed by atoms with Gasteiger partial charge < -0.3 is 19.8 Å². The first-order valence-electron chi connectivity index (χ1n) is 4.36. The minimum atomic E-state index is 0. The van der Waals surface area contributed by atoms with E-state index < -0.39 is 0 Å². The van der Waals surface area contributed by atoms with Crippen LogP contribution in [0.1, 0.15) is 0 Å². The number of fused-ring (bicyclic) bond motifs is 1. The Morgan fingerprint density at radius 1 is 1.00 bits per heavy atom. The van der Waals surface area contributed by atoms with E-state index >= 15 is 0 Å². The van der Waals surface area contributed by atoms with E-state index in [-0.39, 0.29) is 32.2 Å². The molecule has 2 heteroatoms. The molecule has 0 amide bonds. The smallest absolute Gasteiger partial charge is 0.415 e. The van der Waals surface area contributed by atoms with Crippen LogP contribution in [0.4, 0.5) is 5.69 Å². The predicted octanol–water partition coefficient (Wildman–Crippen LogP) is 3.23. The van der Waals surface area contributed by atoms with Gasteiger partial charge in [-0.25, -0.2) is 0 Å². The summed E-state index contributed by atoms with van der Waals surface area (Å²) in [5.41, 5.74) is 1.22. The van der Waals surface area contributed by atoms with E-state index in [4.69, 9.17) is 0 Å². The minimum absolute atomic E-state index is 0. The maximum Gasteiger partial charge on any atom is 3.00 e. The van der Waals surface area contributed by atoms with Crippen LogP contribution in [0.15, 0.2) is 36.4 Å². The van der Waals surface area contributed by atoms with E-state index in [9.17, 15) is 0 Å². The van der Waals surface area contributed by atoms with Crippen molar-refractivity contribution in [3.8, 4) is 0 Å². The number of hydrogen-bond acceptors (Lipinski definition) is 1. The summed E-state index contributed by atoms with van der Waals surface area (Å²) >= 11 is 0. The van der Waals surface area contributed by atoms with Gasteiger partial charge in [-0.2, -0.15) is 0 Å². The Balaban J connectivity index is 0. The van der Waals surface area contributed by atoms with Crippen LogP contribution in [-0.2, 0) is 0 Å². The molecule has 0 aliphatic carbocycles. The number of hydrogen-bond donors (Lipinski definition) is 0. The SMILES string of the molecule is CN(C)c1cccc2ccc[c-]c12.[Al+3].[CH3-].[CH3-]. The second-order valence-electron chi connectivity index (χ2n) is 3.31. The fourth-order valence-corrected chi connectivity index (χ4v) is 1.51. The summed E-state index contributed by atoms with van der Waals surface area (Å²) in [7, 11) is 4.10. The second kappa shape index (κ2) is 7.33. The molecule has 0 aliphatic heterocycles. The van der Waals surface area contributed by atoms with Gasteiger partial charge in [0.05, 0.1) is 0 Å². The maximum absolute atomic E-state index is 3.26. The molecule has 0 heterocycles. The van der Waals surface area contributed by atoms with Gasteiger partial charge in [0.2, 0.25) is 0 Å². The van der Waals surface area contributed by atoms with Crippen molar-refractivity contribution in [3.63, 3.8) is 0 Å². The Bertz CT molecular complexity index is 419. The van der Waals surface area contributed by atoms with Gasteiger partial charge in [0.1, 0.15) is 0 Å². The van der Waals surface area contributed by atoms with Crippen molar-refractivity contribution in [2.75, 3.05) is 19.0 Å². The van der Waals surface area contributed by atoms with Crippen molar-refractivity contribution in [1.82, 2.24) is 0 Å². The van der Waals surface area contributed by atoms with Crippen LogP contribution in [0.25, 0.3) is 10.8 Å². The van der Waals surface area contributed by atoms with Crippen LogP contribution < -0.4 is 4.90 Å². The summed E-state index contributed by atoms with van der Waals surface area (Å²) < 4.78 is 0.